The van der Waals surface area contributed by atoms with E-state index in [9.17, 15) is 14.4 Å². The van der Waals surface area contributed by atoms with Crippen molar-refractivity contribution in [3.63, 3.8) is 0 Å². The standard InChI is InChI=1S/C24H26O7/c1-15(25)16-8-9-18(22(12-16)28-2)14-30-21-11-10-17(13-23(21)29-3)24(27)31-20-7-5-4-6-19(20)26/h8-13,20H,4-7,14H2,1-3H3. The largest absolute Gasteiger partial charge is 0.496 e. The highest BCUT2D eigenvalue weighted by molar-refractivity contribution is 5.94. The van der Waals surface area contributed by atoms with Gasteiger partial charge in [0.2, 0.25) is 0 Å². The fourth-order valence-electron chi connectivity index (χ4n) is 3.42. The van der Waals surface area contributed by atoms with Crippen molar-refractivity contribution < 1.29 is 33.3 Å². The normalized spacial score (nSPS) is 15.8. The summed E-state index contributed by atoms with van der Waals surface area (Å²) in [5.74, 6) is 0.700. The lowest BCUT2D eigenvalue weighted by atomic mass is 9.96. The molecule has 0 heterocycles. The quantitative estimate of drug-likeness (QED) is 0.463. The number of methoxy groups -OCH3 is 2. The molecule has 0 aromatic heterocycles. The first-order valence-corrected chi connectivity index (χ1v) is 10.1. The summed E-state index contributed by atoms with van der Waals surface area (Å²) < 4.78 is 22.0. The van der Waals surface area contributed by atoms with Crippen LogP contribution in [0.4, 0.5) is 0 Å². The van der Waals surface area contributed by atoms with Gasteiger partial charge in [-0.25, -0.2) is 4.79 Å². The molecule has 0 amide bonds. The fraction of sp³-hybridized carbons (Fsp3) is 0.375. The van der Waals surface area contributed by atoms with Gasteiger partial charge in [-0.15, -0.1) is 0 Å². The summed E-state index contributed by atoms with van der Waals surface area (Å²) in [6, 6.07) is 9.88. The third-order valence-electron chi connectivity index (χ3n) is 5.22. The van der Waals surface area contributed by atoms with Crippen LogP contribution in [0.25, 0.3) is 0 Å². The van der Waals surface area contributed by atoms with Crippen LogP contribution in [0, 0.1) is 0 Å². The second-order valence-corrected chi connectivity index (χ2v) is 7.34. The van der Waals surface area contributed by atoms with Crippen molar-refractivity contribution in [2.24, 2.45) is 0 Å². The van der Waals surface area contributed by atoms with E-state index in [0.29, 0.717) is 35.7 Å². The summed E-state index contributed by atoms with van der Waals surface area (Å²) in [7, 11) is 3.00. The Morgan fingerprint density at radius 3 is 2.32 bits per heavy atom. The third kappa shape index (κ3) is 5.42. The van der Waals surface area contributed by atoms with E-state index < -0.39 is 12.1 Å². The minimum Gasteiger partial charge on any atom is -0.496 e. The number of hydrogen-bond acceptors (Lipinski definition) is 7. The topological polar surface area (TPSA) is 88.1 Å². The molecule has 3 rings (SSSR count). The van der Waals surface area contributed by atoms with Crippen LogP contribution in [-0.2, 0) is 16.1 Å². The molecule has 2 aromatic carbocycles. The number of ether oxygens (including phenoxy) is 4. The predicted molar refractivity (Wildman–Crippen MR) is 113 cm³/mol. The second kappa shape index (κ2) is 10.1. The second-order valence-electron chi connectivity index (χ2n) is 7.34. The van der Waals surface area contributed by atoms with Crippen molar-refractivity contribution in [3.8, 4) is 17.2 Å². The minimum absolute atomic E-state index is 0.0312. The maximum absolute atomic E-state index is 12.5. The molecule has 7 nitrogen and oxygen atoms in total. The van der Waals surface area contributed by atoms with Gasteiger partial charge in [0.15, 0.2) is 29.2 Å². The molecule has 1 aliphatic rings. The van der Waals surface area contributed by atoms with Crippen molar-refractivity contribution in [1.29, 1.82) is 0 Å². The maximum Gasteiger partial charge on any atom is 0.338 e. The molecular formula is C24H26O7. The zero-order valence-electron chi connectivity index (χ0n) is 17.9. The van der Waals surface area contributed by atoms with Crippen LogP contribution in [0.15, 0.2) is 36.4 Å². The Kier molecular flexibility index (Phi) is 7.28. The van der Waals surface area contributed by atoms with Crippen LogP contribution < -0.4 is 14.2 Å². The molecule has 0 bridgehead atoms. The molecule has 0 radical (unpaired) electrons. The lowest BCUT2D eigenvalue weighted by Crippen LogP contribution is -2.30. The predicted octanol–water partition coefficient (Wildman–Crippen LogP) is 4.15. The van der Waals surface area contributed by atoms with E-state index in [4.69, 9.17) is 18.9 Å². The van der Waals surface area contributed by atoms with E-state index in [-0.39, 0.29) is 23.7 Å². The first-order chi connectivity index (χ1) is 14.9. The molecule has 1 fully saturated rings. The van der Waals surface area contributed by atoms with Gasteiger partial charge in [-0.1, -0.05) is 12.1 Å². The molecule has 164 valence electrons. The summed E-state index contributed by atoms with van der Waals surface area (Å²) in [6.45, 7) is 1.67. The van der Waals surface area contributed by atoms with E-state index in [2.05, 4.69) is 0 Å². The molecule has 1 unspecified atom stereocenters. The van der Waals surface area contributed by atoms with Crippen molar-refractivity contribution >= 4 is 17.5 Å². The van der Waals surface area contributed by atoms with Crippen LogP contribution in [0.5, 0.6) is 17.2 Å². The van der Waals surface area contributed by atoms with E-state index in [0.717, 1.165) is 18.4 Å². The number of esters is 1. The Morgan fingerprint density at radius 2 is 1.65 bits per heavy atom. The van der Waals surface area contributed by atoms with Crippen LogP contribution in [0.2, 0.25) is 0 Å². The summed E-state index contributed by atoms with van der Waals surface area (Å²) >= 11 is 0. The molecule has 0 N–H and O–H groups in total. The number of carbonyl (C=O) groups is 3. The van der Waals surface area contributed by atoms with Crippen molar-refractivity contribution in [2.45, 2.75) is 45.3 Å². The molecule has 2 aromatic rings. The summed E-state index contributed by atoms with van der Waals surface area (Å²) in [6.07, 6.45) is 2.05. The molecule has 1 saturated carbocycles. The van der Waals surface area contributed by atoms with Gasteiger partial charge in [-0.2, -0.15) is 0 Å². The van der Waals surface area contributed by atoms with Gasteiger partial charge in [0.05, 0.1) is 19.8 Å². The Labute approximate surface area is 181 Å². The Bertz CT molecular complexity index is 980. The van der Waals surface area contributed by atoms with Gasteiger partial charge >= 0.3 is 5.97 Å². The number of carbonyl (C=O) groups excluding carboxylic acids is 3. The Morgan fingerprint density at radius 1 is 0.935 bits per heavy atom. The lowest BCUT2D eigenvalue weighted by Gasteiger charge is -2.21. The van der Waals surface area contributed by atoms with Gasteiger partial charge in [-0.05, 0) is 50.5 Å². The van der Waals surface area contributed by atoms with E-state index >= 15 is 0 Å². The highest BCUT2D eigenvalue weighted by Crippen LogP contribution is 2.31. The third-order valence-corrected chi connectivity index (χ3v) is 5.22. The van der Waals surface area contributed by atoms with Crippen LogP contribution in [0.1, 0.15) is 58.9 Å². The summed E-state index contributed by atoms with van der Waals surface area (Å²) in [5.41, 5.74) is 1.59. The first kappa shape index (κ1) is 22.3. The van der Waals surface area contributed by atoms with Crippen LogP contribution in [0.3, 0.4) is 0 Å². The number of ketones is 2. The molecule has 0 spiro atoms. The van der Waals surface area contributed by atoms with Gasteiger partial charge in [-0.3, -0.25) is 9.59 Å². The van der Waals surface area contributed by atoms with Crippen molar-refractivity contribution in [2.75, 3.05) is 14.2 Å². The highest BCUT2D eigenvalue weighted by Gasteiger charge is 2.26. The lowest BCUT2D eigenvalue weighted by molar-refractivity contribution is -0.129. The molecule has 0 saturated heterocycles. The minimum atomic E-state index is -0.673. The van der Waals surface area contributed by atoms with Crippen LogP contribution >= 0.6 is 0 Å². The van der Waals surface area contributed by atoms with E-state index in [1.54, 1.807) is 30.3 Å². The van der Waals surface area contributed by atoms with E-state index in [1.165, 1.54) is 27.2 Å². The van der Waals surface area contributed by atoms with Gasteiger partial charge in [0, 0.05) is 17.5 Å². The smallest absolute Gasteiger partial charge is 0.338 e. The van der Waals surface area contributed by atoms with Gasteiger partial charge in [0.1, 0.15) is 12.4 Å². The van der Waals surface area contributed by atoms with Gasteiger partial charge < -0.3 is 18.9 Å². The summed E-state index contributed by atoms with van der Waals surface area (Å²) in [5, 5.41) is 0. The SMILES string of the molecule is COc1cc(C(C)=O)ccc1COc1ccc(C(=O)OC2CCCCC2=O)cc1OC. The van der Waals surface area contributed by atoms with Gasteiger partial charge in [0.25, 0.3) is 0 Å². The number of rotatable bonds is 8. The molecular weight excluding hydrogens is 400 g/mol. The number of hydrogen-bond donors (Lipinski definition) is 0. The average Bonchev–Trinajstić information content (AvgIpc) is 2.78. The molecule has 1 atom stereocenters. The zero-order chi connectivity index (χ0) is 22.4. The Balaban J connectivity index is 1.71. The van der Waals surface area contributed by atoms with Crippen molar-refractivity contribution in [1.82, 2.24) is 0 Å². The average molecular weight is 426 g/mol. The molecule has 31 heavy (non-hydrogen) atoms. The molecule has 1 aliphatic carbocycles. The number of Topliss-reactive ketones (excluding diaryl/α,β-unsaturated/α-hetero) is 2. The molecule has 7 heteroatoms. The molecule has 0 aliphatic heterocycles. The fourth-order valence-corrected chi connectivity index (χ4v) is 3.42. The zero-order valence-corrected chi connectivity index (χ0v) is 17.9. The number of benzene rings is 2. The Hall–Kier alpha value is -3.35. The van der Waals surface area contributed by atoms with Crippen molar-refractivity contribution in [3.05, 3.63) is 53.1 Å². The summed E-state index contributed by atoms with van der Waals surface area (Å²) in [4.78, 5) is 35.9. The monoisotopic (exact) mass is 426 g/mol. The van der Waals surface area contributed by atoms with E-state index in [1.807, 2.05) is 0 Å². The first-order valence-electron chi connectivity index (χ1n) is 10.1. The van der Waals surface area contributed by atoms with Crippen LogP contribution in [-0.4, -0.2) is 37.9 Å². The maximum atomic E-state index is 12.5. The highest BCUT2D eigenvalue weighted by atomic mass is 16.5.